The fourth-order valence-corrected chi connectivity index (χ4v) is 2.87. The van der Waals surface area contributed by atoms with Gasteiger partial charge in [0.15, 0.2) is 0 Å². The second-order valence-electron chi connectivity index (χ2n) is 4.93. The third kappa shape index (κ3) is 2.72. The quantitative estimate of drug-likeness (QED) is 0.836. The smallest absolute Gasteiger partial charge is 0.313 e. The van der Waals surface area contributed by atoms with Crippen molar-refractivity contribution < 1.29 is 14.6 Å². The van der Waals surface area contributed by atoms with Crippen molar-refractivity contribution in [2.24, 2.45) is 5.92 Å². The molecule has 0 aliphatic heterocycles. The zero-order valence-electron chi connectivity index (χ0n) is 10.7. The second kappa shape index (κ2) is 6.01. The lowest BCUT2D eigenvalue weighted by molar-refractivity contribution is -0.145. The van der Waals surface area contributed by atoms with E-state index < -0.39 is 6.10 Å². The third-order valence-corrected chi connectivity index (χ3v) is 3.82. The van der Waals surface area contributed by atoms with Gasteiger partial charge in [-0.15, -0.1) is 0 Å². The van der Waals surface area contributed by atoms with Crippen LogP contribution in [0.1, 0.15) is 37.2 Å². The lowest BCUT2D eigenvalue weighted by Crippen LogP contribution is -2.34. The van der Waals surface area contributed by atoms with Crippen LogP contribution in [-0.2, 0) is 9.53 Å². The van der Waals surface area contributed by atoms with Crippen LogP contribution in [0.3, 0.4) is 0 Å². The molecule has 1 aromatic rings. The van der Waals surface area contributed by atoms with E-state index in [9.17, 15) is 9.90 Å². The molecule has 98 valence electrons. The minimum atomic E-state index is -0.400. The Morgan fingerprint density at radius 3 is 2.56 bits per heavy atom. The van der Waals surface area contributed by atoms with Crippen molar-refractivity contribution in [1.29, 1.82) is 0 Å². The Balaban J connectivity index is 2.27. The summed E-state index contributed by atoms with van der Waals surface area (Å²) >= 11 is 0. The number of hydrogen-bond donors (Lipinski definition) is 1. The van der Waals surface area contributed by atoms with Gasteiger partial charge in [-0.1, -0.05) is 43.2 Å². The van der Waals surface area contributed by atoms with E-state index in [-0.39, 0.29) is 17.8 Å². The first-order valence-electron chi connectivity index (χ1n) is 6.55. The van der Waals surface area contributed by atoms with E-state index in [4.69, 9.17) is 4.74 Å². The molecule has 0 bridgehead atoms. The van der Waals surface area contributed by atoms with Crippen molar-refractivity contribution in [3.05, 3.63) is 35.9 Å². The van der Waals surface area contributed by atoms with E-state index in [0.29, 0.717) is 0 Å². The highest BCUT2D eigenvalue weighted by atomic mass is 16.5. The number of aliphatic hydroxyl groups excluding tert-OH is 1. The van der Waals surface area contributed by atoms with Gasteiger partial charge in [-0.2, -0.15) is 0 Å². The van der Waals surface area contributed by atoms with E-state index in [1.165, 1.54) is 7.11 Å². The molecule has 1 aromatic carbocycles. The van der Waals surface area contributed by atoms with Gasteiger partial charge in [0.05, 0.1) is 19.1 Å². The van der Waals surface area contributed by atoms with Gasteiger partial charge >= 0.3 is 5.97 Å². The number of carbonyl (C=O) groups is 1. The number of rotatable bonds is 3. The molecule has 0 amide bonds. The van der Waals surface area contributed by atoms with Crippen LogP contribution in [0.15, 0.2) is 30.3 Å². The van der Waals surface area contributed by atoms with Gasteiger partial charge in [-0.05, 0) is 18.4 Å². The first kappa shape index (κ1) is 13.1. The van der Waals surface area contributed by atoms with Gasteiger partial charge in [-0.3, -0.25) is 4.79 Å². The number of hydrogen-bond acceptors (Lipinski definition) is 3. The summed E-state index contributed by atoms with van der Waals surface area (Å²) in [4.78, 5) is 12.0. The van der Waals surface area contributed by atoms with E-state index in [1.807, 2.05) is 30.3 Å². The lowest BCUT2D eigenvalue weighted by Gasteiger charge is -2.33. The summed E-state index contributed by atoms with van der Waals surface area (Å²) < 4.78 is 4.92. The summed E-state index contributed by atoms with van der Waals surface area (Å²) in [7, 11) is 1.41. The third-order valence-electron chi connectivity index (χ3n) is 3.82. The van der Waals surface area contributed by atoms with Crippen LogP contribution in [-0.4, -0.2) is 24.3 Å². The maximum atomic E-state index is 12.0. The SMILES string of the molecule is COC(=O)[C@@H](c1ccccc1)[C@@H]1CCCC[C@@H]1O. The topological polar surface area (TPSA) is 46.5 Å². The van der Waals surface area contributed by atoms with Crippen LogP contribution in [0.25, 0.3) is 0 Å². The fraction of sp³-hybridized carbons (Fsp3) is 0.533. The first-order chi connectivity index (χ1) is 8.74. The normalized spacial score (nSPS) is 25.4. The highest BCUT2D eigenvalue weighted by molar-refractivity contribution is 5.78. The van der Waals surface area contributed by atoms with Crippen LogP contribution in [0, 0.1) is 5.92 Å². The van der Waals surface area contributed by atoms with Crippen LogP contribution in [0.4, 0.5) is 0 Å². The van der Waals surface area contributed by atoms with Gasteiger partial charge in [0.25, 0.3) is 0 Å². The zero-order chi connectivity index (χ0) is 13.0. The summed E-state index contributed by atoms with van der Waals surface area (Å²) in [5.74, 6) is -0.604. The Labute approximate surface area is 108 Å². The molecule has 0 spiro atoms. The minimum Gasteiger partial charge on any atom is -0.469 e. The largest absolute Gasteiger partial charge is 0.469 e. The van der Waals surface area contributed by atoms with Crippen molar-refractivity contribution >= 4 is 5.97 Å². The number of benzene rings is 1. The van der Waals surface area contributed by atoms with Crippen molar-refractivity contribution in [3.63, 3.8) is 0 Å². The Kier molecular flexibility index (Phi) is 4.37. The van der Waals surface area contributed by atoms with Gasteiger partial charge in [-0.25, -0.2) is 0 Å². The minimum absolute atomic E-state index is 0.0198. The Hall–Kier alpha value is -1.35. The maximum absolute atomic E-state index is 12.0. The molecule has 0 heterocycles. The predicted octanol–water partition coefficient (Wildman–Crippen LogP) is 2.49. The molecule has 1 aliphatic carbocycles. The standard InChI is InChI=1S/C15H20O3/c1-18-15(17)14(11-7-3-2-4-8-11)12-9-5-6-10-13(12)16/h2-4,7-8,12-14,16H,5-6,9-10H2,1H3/t12-,13+,14+/m1/s1. The highest BCUT2D eigenvalue weighted by Gasteiger charge is 2.36. The number of aliphatic hydroxyl groups is 1. The van der Waals surface area contributed by atoms with Crippen molar-refractivity contribution in [3.8, 4) is 0 Å². The van der Waals surface area contributed by atoms with Crippen LogP contribution < -0.4 is 0 Å². The second-order valence-corrected chi connectivity index (χ2v) is 4.93. The summed E-state index contributed by atoms with van der Waals surface area (Å²) in [5, 5.41) is 10.1. The predicted molar refractivity (Wildman–Crippen MR) is 69.2 cm³/mol. The maximum Gasteiger partial charge on any atom is 0.313 e. The monoisotopic (exact) mass is 248 g/mol. The molecule has 0 radical (unpaired) electrons. The molecule has 1 saturated carbocycles. The fourth-order valence-electron chi connectivity index (χ4n) is 2.87. The number of esters is 1. The van der Waals surface area contributed by atoms with Crippen molar-refractivity contribution in [1.82, 2.24) is 0 Å². The summed E-state index contributed by atoms with van der Waals surface area (Å²) in [6.45, 7) is 0. The molecule has 1 N–H and O–H groups in total. The molecule has 0 aromatic heterocycles. The molecular weight excluding hydrogens is 228 g/mol. The average molecular weight is 248 g/mol. The molecule has 1 aliphatic rings. The van der Waals surface area contributed by atoms with E-state index >= 15 is 0 Å². The average Bonchev–Trinajstić information content (AvgIpc) is 2.42. The molecule has 1 fully saturated rings. The van der Waals surface area contributed by atoms with Crippen LogP contribution >= 0.6 is 0 Å². The molecule has 0 unspecified atom stereocenters. The van der Waals surface area contributed by atoms with Gasteiger partial charge in [0, 0.05) is 5.92 Å². The van der Waals surface area contributed by atoms with Gasteiger partial charge < -0.3 is 9.84 Å². The molecule has 3 nitrogen and oxygen atoms in total. The van der Waals surface area contributed by atoms with E-state index in [1.54, 1.807) is 0 Å². The molecule has 3 atom stereocenters. The summed E-state index contributed by atoms with van der Waals surface area (Å²) in [5.41, 5.74) is 0.940. The van der Waals surface area contributed by atoms with Crippen molar-refractivity contribution in [2.75, 3.05) is 7.11 Å². The molecule has 0 saturated heterocycles. The number of methoxy groups -OCH3 is 1. The Morgan fingerprint density at radius 2 is 1.94 bits per heavy atom. The van der Waals surface area contributed by atoms with Crippen LogP contribution in [0.5, 0.6) is 0 Å². The van der Waals surface area contributed by atoms with Gasteiger partial charge in [0.1, 0.15) is 0 Å². The first-order valence-corrected chi connectivity index (χ1v) is 6.55. The van der Waals surface area contributed by atoms with E-state index in [2.05, 4.69) is 0 Å². The molecule has 3 heteroatoms. The molecular formula is C15H20O3. The molecule has 2 rings (SSSR count). The molecule has 18 heavy (non-hydrogen) atoms. The zero-order valence-corrected chi connectivity index (χ0v) is 10.7. The lowest BCUT2D eigenvalue weighted by atomic mass is 9.75. The Morgan fingerprint density at radius 1 is 1.28 bits per heavy atom. The van der Waals surface area contributed by atoms with Crippen molar-refractivity contribution in [2.45, 2.75) is 37.7 Å². The number of ether oxygens (including phenoxy) is 1. The highest BCUT2D eigenvalue weighted by Crippen LogP contribution is 2.37. The Bertz CT molecular complexity index is 388. The van der Waals surface area contributed by atoms with E-state index in [0.717, 1.165) is 31.2 Å². The number of carbonyl (C=O) groups excluding carboxylic acids is 1. The summed E-state index contributed by atoms with van der Waals surface area (Å²) in [6, 6.07) is 9.63. The summed E-state index contributed by atoms with van der Waals surface area (Å²) in [6.07, 6.45) is 3.38. The van der Waals surface area contributed by atoms with Gasteiger partial charge in [0.2, 0.25) is 0 Å². The van der Waals surface area contributed by atoms with Crippen LogP contribution in [0.2, 0.25) is 0 Å².